The minimum Gasteiger partial charge on any atom is -1.00 e. The molecule has 4 rings (SSSR count). The first kappa shape index (κ1) is 24.2. The molecule has 0 aliphatic rings. The van der Waals surface area contributed by atoms with Crippen LogP contribution in [0, 0.1) is 5.82 Å². The second-order valence-electron chi connectivity index (χ2n) is 7.50. The van der Waals surface area contributed by atoms with E-state index < -0.39 is 0 Å². The van der Waals surface area contributed by atoms with Crippen molar-refractivity contribution in [2.24, 2.45) is 0 Å². The molecule has 2 heterocycles. The molecule has 0 aliphatic carbocycles. The number of halogens is 2. The molecule has 33 heavy (non-hydrogen) atoms. The molecule has 2 aromatic heterocycles. The van der Waals surface area contributed by atoms with Crippen LogP contribution in [0.4, 0.5) is 4.39 Å². The first-order chi connectivity index (χ1) is 15.6. The summed E-state index contributed by atoms with van der Waals surface area (Å²) in [5.74, 6) is 0.446. The van der Waals surface area contributed by atoms with E-state index in [2.05, 4.69) is 10.3 Å². The summed E-state index contributed by atoms with van der Waals surface area (Å²) < 4.78 is 21.0. The van der Waals surface area contributed by atoms with Gasteiger partial charge >= 0.3 is 0 Å². The summed E-state index contributed by atoms with van der Waals surface area (Å²) in [6, 6.07) is 16.4. The predicted molar refractivity (Wildman–Crippen MR) is 123 cm³/mol. The molecule has 0 saturated carbocycles. The maximum Gasteiger partial charge on any atom is 0.244 e. The van der Waals surface area contributed by atoms with E-state index in [9.17, 15) is 9.18 Å². The number of carbonyl (C=O) groups excluding carboxylic acids is 1. The lowest BCUT2D eigenvalue weighted by atomic mass is 10.1. The number of rotatable bonds is 8. The second kappa shape index (κ2) is 11.4. The largest absolute Gasteiger partial charge is 1.00 e. The van der Waals surface area contributed by atoms with Crippen molar-refractivity contribution < 1.29 is 35.5 Å². The zero-order valence-electron chi connectivity index (χ0n) is 18.2. The molecule has 5 nitrogen and oxygen atoms in total. The zero-order valence-corrected chi connectivity index (χ0v) is 19.8. The molecule has 1 amide bonds. The number of nitrogens with one attached hydrogen (secondary N) is 2. The van der Waals surface area contributed by atoms with Gasteiger partial charge in [-0.1, -0.05) is 12.1 Å². The van der Waals surface area contributed by atoms with Crippen LogP contribution in [0.1, 0.15) is 16.7 Å². The van der Waals surface area contributed by atoms with E-state index in [-0.39, 0.29) is 28.7 Å². The topological polar surface area (TPSA) is 58.0 Å². The van der Waals surface area contributed by atoms with Crippen LogP contribution in [0.15, 0.2) is 79.3 Å². The van der Waals surface area contributed by atoms with Crippen molar-refractivity contribution in [3.8, 4) is 5.75 Å². The van der Waals surface area contributed by atoms with Crippen LogP contribution in [0.5, 0.6) is 5.75 Å². The lowest BCUT2D eigenvalue weighted by Crippen LogP contribution is -3.00. The molecule has 0 spiro atoms. The molecule has 2 N–H and O–H groups in total. The smallest absolute Gasteiger partial charge is 0.244 e. The first-order valence-corrected chi connectivity index (χ1v) is 10.4. The minimum absolute atomic E-state index is 0. The highest BCUT2D eigenvalue weighted by atomic mass is 79.9. The van der Waals surface area contributed by atoms with E-state index in [0.29, 0.717) is 25.1 Å². The van der Waals surface area contributed by atoms with Gasteiger partial charge in [0.05, 0.1) is 12.7 Å². The molecule has 0 bridgehead atoms. The minimum atomic E-state index is -0.215. The van der Waals surface area contributed by atoms with Gasteiger partial charge in [-0.25, -0.2) is 8.96 Å². The number of carbonyl (C=O) groups is 1. The van der Waals surface area contributed by atoms with Crippen LogP contribution in [0.25, 0.3) is 17.0 Å². The summed E-state index contributed by atoms with van der Waals surface area (Å²) in [7, 11) is 1.65. The Bertz CT molecular complexity index is 1250. The molecule has 170 valence electrons. The molecule has 4 aromatic rings. The molecule has 0 unspecified atom stereocenters. The Morgan fingerprint density at radius 2 is 1.91 bits per heavy atom. The van der Waals surface area contributed by atoms with E-state index in [0.717, 1.165) is 27.8 Å². The van der Waals surface area contributed by atoms with Gasteiger partial charge in [-0.15, -0.1) is 0 Å². The van der Waals surface area contributed by atoms with E-state index in [4.69, 9.17) is 4.74 Å². The van der Waals surface area contributed by atoms with Gasteiger partial charge < -0.3 is 32.0 Å². The summed E-state index contributed by atoms with van der Waals surface area (Å²) in [6.45, 7) is 0.988. The number of methoxy groups -OCH3 is 1. The highest BCUT2D eigenvalue weighted by Crippen LogP contribution is 2.23. The van der Waals surface area contributed by atoms with E-state index in [1.54, 1.807) is 25.3 Å². The fraction of sp³-hybridized carbons (Fsp3) is 0.154. The molecule has 0 radical (unpaired) electrons. The molecule has 0 aliphatic heterocycles. The maximum absolute atomic E-state index is 13.8. The zero-order chi connectivity index (χ0) is 22.3. The average molecular weight is 510 g/mol. The second-order valence-corrected chi connectivity index (χ2v) is 7.50. The van der Waals surface area contributed by atoms with Gasteiger partial charge in [0, 0.05) is 41.9 Å². The van der Waals surface area contributed by atoms with Crippen LogP contribution >= 0.6 is 0 Å². The number of hydrogen-bond donors (Lipinski definition) is 2. The van der Waals surface area contributed by atoms with Crippen molar-refractivity contribution in [3.05, 3.63) is 102 Å². The van der Waals surface area contributed by atoms with Gasteiger partial charge in [0.1, 0.15) is 11.6 Å². The third-order valence-corrected chi connectivity index (χ3v) is 5.32. The Labute approximate surface area is 202 Å². The number of hydrogen-bond acceptors (Lipinski definition) is 2. The molecule has 2 aromatic carbocycles. The number of pyridine rings is 1. The Hall–Kier alpha value is -3.45. The number of amides is 1. The highest BCUT2D eigenvalue weighted by molar-refractivity contribution is 5.91. The maximum atomic E-state index is 13.8. The summed E-state index contributed by atoms with van der Waals surface area (Å²) in [4.78, 5) is 15.4. The van der Waals surface area contributed by atoms with Gasteiger partial charge in [-0.05, 0) is 54.0 Å². The lowest BCUT2D eigenvalue weighted by Gasteiger charge is -2.03. The number of benzene rings is 2. The van der Waals surface area contributed by atoms with Crippen molar-refractivity contribution in [2.45, 2.75) is 13.0 Å². The van der Waals surface area contributed by atoms with Crippen LogP contribution in [-0.2, 0) is 17.8 Å². The summed E-state index contributed by atoms with van der Waals surface area (Å²) >= 11 is 0. The van der Waals surface area contributed by atoms with Crippen molar-refractivity contribution >= 4 is 22.9 Å². The Balaban J connectivity index is 0.00000306. The SMILES string of the molecule is COc1ccc2[nH]cc(CCNC(=O)/C=C/c3cc[n+](Cc4ccccc4F)cc3)c2c1.[Br-]. The third-order valence-electron chi connectivity index (χ3n) is 5.32. The standard InChI is InChI=1S/C26H24FN3O2.BrH/c1-32-22-7-8-25-23(16-22)20(17-29-25)10-13-28-26(31)9-6-19-11-14-30(15-12-19)18-21-4-2-3-5-24(21)27;/h2-9,11-12,14-17,29H,10,13,18H2,1H3;1H/b9-6+;. The van der Waals surface area contributed by atoms with E-state index in [1.807, 2.05) is 59.6 Å². The summed E-state index contributed by atoms with van der Waals surface area (Å²) in [6.07, 6.45) is 9.71. The molecule has 0 fully saturated rings. The van der Waals surface area contributed by atoms with Gasteiger partial charge in [-0.2, -0.15) is 0 Å². The van der Waals surface area contributed by atoms with Crippen molar-refractivity contribution in [2.75, 3.05) is 13.7 Å². The summed E-state index contributed by atoms with van der Waals surface area (Å²) in [5.41, 5.74) is 3.71. The van der Waals surface area contributed by atoms with Crippen LogP contribution in [0.2, 0.25) is 0 Å². The molecular formula is C26H25BrFN3O2. The first-order valence-electron chi connectivity index (χ1n) is 10.4. The third kappa shape index (κ3) is 6.29. The quantitative estimate of drug-likeness (QED) is 0.275. The lowest BCUT2D eigenvalue weighted by molar-refractivity contribution is -0.688. The number of aromatic amines is 1. The number of ether oxygens (including phenoxy) is 1. The molecule has 7 heteroatoms. The summed E-state index contributed by atoms with van der Waals surface area (Å²) in [5, 5.41) is 4.02. The van der Waals surface area contributed by atoms with Gasteiger partial charge in [-0.3, -0.25) is 4.79 Å². The molecular weight excluding hydrogens is 485 g/mol. The Morgan fingerprint density at radius 3 is 2.67 bits per heavy atom. The molecule has 0 atom stereocenters. The number of H-pyrrole nitrogens is 1. The normalized spacial score (nSPS) is 10.8. The van der Waals surface area contributed by atoms with Gasteiger partial charge in [0.25, 0.3) is 0 Å². The monoisotopic (exact) mass is 509 g/mol. The Kier molecular flexibility index (Phi) is 8.38. The predicted octanol–water partition coefficient (Wildman–Crippen LogP) is 1.03. The van der Waals surface area contributed by atoms with E-state index in [1.165, 1.54) is 12.1 Å². The van der Waals surface area contributed by atoms with Gasteiger partial charge in [0.2, 0.25) is 5.91 Å². The fourth-order valence-electron chi connectivity index (χ4n) is 3.55. The van der Waals surface area contributed by atoms with Crippen molar-refractivity contribution in [3.63, 3.8) is 0 Å². The van der Waals surface area contributed by atoms with Crippen LogP contribution in [0.3, 0.4) is 0 Å². The Morgan fingerprint density at radius 1 is 1.12 bits per heavy atom. The number of nitrogens with zero attached hydrogens (tertiary/aromatic N) is 1. The van der Waals surface area contributed by atoms with Crippen molar-refractivity contribution in [1.29, 1.82) is 0 Å². The van der Waals surface area contributed by atoms with Crippen LogP contribution in [-0.4, -0.2) is 24.5 Å². The van der Waals surface area contributed by atoms with Crippen LogP contribution < -0.4 is 31.6 Å². The van der Waals surface area contributed by atoms with Crippen molar-refractivity contribution in [1.82, 2.24) is 10.3 Å². The van der Waals surface area contributed by atoms with E-state index >= 15 is 0 Å². The number of fused-ring (bicyclic) bond motifs is 1. The highest BCUT2D eigenvalue weighted by Gasteiger charge is 2.08. The number of aromatic nitrogens is 2. The average Bonchev–Trinajstić information content (AvgIpc) is 3.22. The molecule has 0 saturated heterocycles. The fourth-order valence-corrected chi connectivity index (χ4v) is 3.55. The van der Waals surface area contributed by atoms with Gasteiger partial charge in [0.15, 0.2) is 18.9 Å².